The lowest BCUT2D eigenvalue weighted by molar-refractivity contribution is 0.215. The highest BCUT2D eigenvalue weighted by Gasteiger charge is 2.18. The summed E-state index contributed by atoms with van der Waals surface area (Å²) in [6, 6.07) is 14.8. The Bertz CT molecular complexity index is 726. The number of benzene rings is 2. The van der Waals surface area contributed by atoms with E-state index in [1.54, 1.807) is 49.4 Å². The minimum absolute atomic E-state index is 0.0422. The summed E-state index contributed by atoms with van der Waals surface area (Å²) in [6.45, 7) is 1.55. The number of anilines is 1. The maximum Gasteiger partial charge on any atom is 0.417 e. The van der Waals surface area contributed by atoms with Gasteiger partial charge < -0.3 is 4.74 Å². The van der Waals surface area contributed by atoms with Gasteiger partial charge in [0.1, 0.15) is 5.75 Å². The smallest absolute Gasteiger partial charge is 0.410 e. The normalized spacial score (nSPS) is 10.9. The first kappa shape index (κ1) is 15.1. The fraction of sp³-hybridized carbons (Fsp3) is 0.133. The SMILES string of the molecule is CCS(=O)(=O)c1ccccc1NC(=O)Oc1ccccc1. The monoisotopic (exact) mass is 305 g/mol. The minimum Gasteiger partial charge on any atom is -0.410 e. The first-order chi connectivity index (χ1) is 10.0. The Kier molecular flexibility index (Phi) is 4.59. The Hall–Kier alpha value is -2.34. The van der Waals surface area contributed by atoms with Crippen molar-refractivity contribution in [3.05, 3.63) is 54.6 Å². The predicted octanol–water partition coefficient (Wildman–Crippen LogP) is 3.09. The Balaban J connectivity index is 2.19. The van der Waals surface area contributed by atoms with Crippen molar-refractivity contribution >= 4 is 21.6 Å². The molecule has 0 spiro atoms. The van der Waals surface area contributed by atoms with E-state index in [2.05, 4.69) is 5.32 Å². The Morgan fingerprint density at radius 1 is 1.05 bits per heavy atom. The summed E-state index contributed by atoms with van der Waals surface area (Å²) in [5, 5.41) is 2.46. The summed E-state index contributed by atoms with van der Waals surface area (Å²) in [7, 11) is -3.42. The molecule has 6 heteroatoms. The molecule has 0 radical (unpaired) electrons. The van der Waals surface area contributed by atoms with Gasteiger partial charge >= 0.3 is 6.09 Å². The summed E-state index contributed by atoms with van der Waals surface area (Å²) in [5.41, 5.74) is 0.209. The number of sulfone groups is 1. The molecule has 0 bridgehead atoms. The second-order valence-corrected chi connectivity index (χ2v) is 6.47. The third-order valence-corrected chi connectivity index (χ3v) is 4.58. The van der Waals surface area contributed by atoms with Gasteiger partial charge in [-0.3, -0.25) is 5.32 Å². The highest BCUT2D eigenvalue weighted by molar-refractivity contribution is 7.91. The van der Waals surface area contributed by atoms with Gasteiger partial charge in [0.05, 0.1) is 16.3 Å². The summed E-state index contributed by atoms with van der Waals surface area (Å²) in [4.78, 5) is 11.9. The van der Waals surface area contributed by atoms with Crippen LogP contribution in [0, 0.1) is 0 Å². The van der Waals surface area contributed by atoms with Crippen molar-refractivity contribution in [1.29, 1.82) is 0 Å². The largest absolute Gasteiger partial charge is 0.417 e. The zero-order valence-corrected chi connectivity index (χ0v) is 12.3. The van der Waals surface area contributed by atoms with E-state index in [-0.39, 0.29) is 16.3 Å². The Labute approximate surface area is 123 Å². The van der Waals surface area contributed by atoms with Gasteiger partial charge in [0.2, 0.25) is 0 Å². The van der Waals surface area contributed by atoms with Crippen LogP contribution in [0.3, 0.4) is 0 Å². The lowest BCUT2D eigenvalue weighted by Crippen LogP contribution is -2.19. The summed E-state index contributed by atoms with van der Waals surface area (Å²) in [5.74, 6) is 0.338. The van der Waals surface area contributed by atoms with Crippen LogP contribution in [-0.2, 0) is 9.84 Å². The number of para-hydroxylation sites is 2. The van der Waals surface area contributed by atoms with Gasteiger partial charge in [-0.25, -0.2) is 13.2 Å². The number of hydrogen-bond donors (Lipinski definition) is 1. The molecule has 2 aromatic carbocycles. The zero-order valence-electron chi connectivity index (χ0n) is 11.4. The Morgan fingerprint density at radius 2 is 1.67 bits per heavy atom. The van der Waals surface area contributed by atoms with Gasteiger partial charge in [-0.15, -0.1) is 0 Å². The molecule has 0 aliphatic carbocycles. The van der Waals surface area contributed by atoms with Gasteiger partial charge in [-0.2, -0.15) is 0 Å². The number of hydrogen-bond acceptors (Lipinski definition) is 4. The van der Waals surface area contributed by atoms with Crippen LogP contribution in [0.15, 0.2) is 59.5 Å². The van der Waals surface area contributed by atoms with Gasteiger partial charge in [0.15, 0.2) is 9.84 Å². The number of ether oxygens (including phenoxy) is 1. The Morgan fingerprint density at radius 3 is 2.33 bits per heavy atom. The van der Waals surface area contributed by atoms with Crippen LogP contribution < -0.4 is 10.1 Å². The van der Waals surface area contributed by atoms with Crippen LogP contribution in [0.25, 0.3) is 0 Å². The van der Waals surface area contributed by atoms with E-state index in [0.29, 0.717) is 5.75 Å². The third kappa shape index (κ3) is 3.82. The van der Waals surface area contributed by atoms with Crippen molar-refractivity contribution in [2.24, 2.45) is 0 Å². The van der Waals surface area contributed by atoms with Crippen LogP contribution in [0.5, 0.6) is 5.75 Å². The molecule has 0 aromatic heterocycles. The van der Waals surface area contributed by atoms with Crippen LogP contribution in [-0.4, -0.2) is 20.3 Å². The second kappa shape index (κ2) is 6.41. The van der Waals surface area contributed by atoms with E-state index in [1.807, 2.05) is 0 Å². The van der Waals surface area contributed by atoms with Crippen LogP contribution in [0.2, 0.25) is 0 Å². The molecule has 0 fully saturated rings. The maximum atomic E-state index is 12.0. The van der Waals surface area contributed by atoms with E-state index in [9.17, 15) is 13.2 Å². The quantitative estimate of drug-likeness (QED) is 0.942. The van der Waals surface area contributed by atoms with Crippen molar-refractivity contribution in [2.75, 3.05) is 11.1 Å². The van der Waals surface area contributed by atoms with Crippen molar-refractivity contribution in [1.82, 2.24) is 0 Å². The van der Waals surface area contributed by atoms with E-state index in [1.165, 1.54) is 12.1 Å². The van der Waals surface area contributed by atoms with Gasteiger partial charge in [-0.05, 0) is 24.3 Å². The van der Waals surface area contributed by atoms with Gasteiger partial charge in [-0.1, -0.05) is 37.3 Å². The zero-order chi connectivity index (χ0) is 15.3. The van der Waals surface area contributed by atoms with Gasteiger partial charge in [0, 0.05) is 0 Å². The van der Waals surface area contributed by atoms with E-state index < -0.39 is 15.9 Å². The molecule has 2 aromatic rings. The van der Waals surface area contributed by atoms with Crippen molar-refractivity contribution in [2.45, 2.75) is 11.8 Å². The van der Waals surface area contributed by atoms with Crippen LogP contribution in [0.1, 0.15) is 6.92 Å². The average molecular weight is 305 g/mol. The minimum atomic E-state index is -3.42. The van der Waals surface area contributed by atoms with Gasteiger partial charge in [0.25, 0.3) is 0 Å². The lowest BCUT2D eigenvalue weighted by atomic mass is 10.3. The molecule has 1 N–H and O–H groups in total. The highest BCUT2D eigenvalue weighted by Crippen LogP contribution is 2.22. The van der Waals surface area contributed by atoms with Crippen molar-refractivity contribution < 1.29 is 17.9 Å². The molecule has 2 rings (SSSR count). The topological polar surface area (TPSA) is 72.5 Å². The van der Waals surface area contributed by atoms with Crippen molar-refractivity contribution in [3.8, 4) is 5.75 Å². The molecule has 0 saturated heterocycles. The lowest BCUT2D eigenvalue weighted by Gasteiger charge is -2.10. The van der Waals surface area contributed by atoms with Crippen molar-refractivity contribution in [3.63, 3.8) is 0 Å². The molecule has 5 nitrogen and oxygen atoms in total. The van der Waals surface area contributed by atoms with Crippen LogP contribution in [0.4, 0.5) is 10.5 Å². The summed E-state index contributed by atoms with van der Waals surface area (Å²) < 4.78 is 29.0. The first-order valence-electron chi connectivity index (χ1n) is 6.38. The maximum absolute atomic E-state index is 12.0. The van der Waals surface area contributed by atoms with Crippen LogP contribution >= 0.6 is 0 Å². The molecule has 0 atom stereocenters. The van der Waals surface area contributed by atoms with E-state index in [0.717, 1.165) is 0 Å². The molecule has 0 unspecified atom stereocenters. The number of rotatable bonds is 4. The van der Waals surface area contributed by atoms with E-state index in [4.69, 9.17) is 4.74 Å². The molecule has 21 heavy (non-hydrogen) atoms. The standard InChI is InChI=1S/C15H15NO4S/c1-2-21(18,19)14-11-7-6-10-13(14)16-15(17)20-12-8-4-3-5-9-12/h3-11H,2H2,1H3,(H,16,17). The number of nitrogens with one attached hydrogen (secondary N) is 1. The molecule has 110 valence electrons. The average Bonchev–Trinajstić information content (AvgIpc) is 2.48. The molecule has 0 saturated carbocycles. The fourth-order valence-corrected chi connectivity index (χ4v) is 2.78. The second-order valence-electron chi connectivity index (χ2n) is 4.23. The molecule has 0 heterocycles. The molecule has 0 aliphatic heterocycles. The summed E-state index contributed by atoms with van der Waals surface area (Å²) in [6.07, 6.45) is -0.736. The fourth-order valence-electron chi connectivity index (χ4n) is 1.73. The first-order valence-corrected chi connectivity index (χ1v) is 8.04. The molecular formula is C15H15NO4S. The number of carbonyl (C=O) groups is 1. The molecule has 1 amide bonds. The predicted molar refractivity (Wildman–Crippen MR) is 80.3 cm³/mol. The third-order valence-electron chi connectivity index (χ3n) is 2.79. The number of carbonyl (C=O) groups excluding carboxylic acids is 1. The molecule has 0 aliphatic rings. The number of amides is 1. The summed E-state index contributed by atoms with van der Waals surface area (Å²) >= 11 is 0. The highest BCUT2D eigenvalue weighted by atomic mass is 32.2. The van der Waals surface area contributed by atoms with E-state index >= 15 is 0 Å². The molecular weight excluding hydrogens is 290 g/mol.